The quantitative estimate of drug-likeness (QED) is 0.822. The van der Waals surface area contributed by atoms with Gasteiger partial charge >= 0.3 is 0 Å². The zero-order valence-electron chi connectivity index (χ0n) is 16.7. The van der Waals surface area contributed by atoms with Crippen molar-refractivity contribution in [2.75, 3.05) is 23.3 Å². The number of piperidine rings is 1. The van der Waals surface area contributed by atoms with Crippen LogP contribution in [0.15, 0.2) is 35.2 Å². The van der Waals surface area contributed by atoms with Gasteiger partial charge in [0.1, 0.15) is 10.6 Å². The van der Waals surface area contributed by atoms with Crippen LogP contribution in [0, 0.1) is 20.8 Å². The highest BCUT2D eigenvalue weighted by Gasteiger charge is 2.23. The minimum atomic E-state index is -3.82. The van der Waals surface area contributed by atoms with Crippen LogP contribution < -0.4 is 14.4 Å². The van der Waals surface area contributed by atoms with E-state index in [1.54, 1.807) is 35.2 Å². The molecule has 0 unspecified atom stereocenters. The first-order valence-corrected chi connectivity index (χ1v) is 10.8. The molecule has 1 aliphatic rings. The summed E-state index contributed by atoms with van der Waals surface area (Å²) in [6, 6.07) is 8.58. The fraction of sp³-hybridized carbons (Fsp3) is 0.381. The number of anilines is 2. The topological polar surface area (TPSA) is 75.7 Å². The number of ether oxygens (including phenoxy) is 1. The van der Waals surface area contributed by atoms with E-state index in [9.17, 15) is 13.2 Å². The van der Waals surface area contributed by atoms with Gasteiger partial charge in [-0.2, -0.15) is 0 Å². The molecule has 6 nitrogen and oxygen atoms in total. The number of nitrogens with zero attached hydrogens (tertiary/aromatic N) is 1. The van der Waals surface area contributed by atoms with Gasteiger partial charge in [-0.25, -0.2) is 8.42 Å². The molecule has 0 spiro atoms. The normalized spacial score (nSPS) is 14.9. The highest BCUT2D eigenvalue weighted by atomic mass is 32.2. The van der Waals surface area contributed by atoms with Crippen LogP contribution in [0.1, 0.15) is 36.0 Å². The van der Waals surface area contributed by atoms with E-state index >= 15 is 0 Å². The van der Waals surface area contributed by atoms with Crippen molar-refractivity contribution in [2.45, 2.75) is 44.9 Å². The summed E-state index contributed by atoms with van der Waals surface area (Å²) in [5.41, 5.74) is 3.96. The summed E-state index contributed by atoms with van der Waals surface area (Å²) in [5, 5.41) is 0. The minimum Gasteiger partial charge on any atom is -0.495 e. The lowest BCUT2D eigenvalue weighted by atomic mass is 10.1. The van der Waals surface area contributed by atoms with E-state index in [1.807, 2.05) is 20.8 Å². The first kappa shape index (κ1) is 20.2. The van der Waals surface area contributed by atoms with Gasteiger partial charge in [-0.3, -0.25) is 9.52 Å². The molecule has 0 radical (unpaired) electrons. The Balaban J connectivity index is 1.90. The molecule has 3 rings (SSSR count). The molecule has 0 saturated carbocycles. The fourth-order valence-electron chi connectivity index (χ4n) is 3.43. The number of sulfonamides is 1. The molecule has 1 fully saturated rings. The lowest BCUT2D eigenvalue weighted by Gasteiger charge is -2.28. The molecule has 1 aliphatic heterocycles. The van der Waals surface area contributed by atoms with Crippen LogP contribution in [0.5, 0.6) is 5.75 Å². The summed E-state index contributed by atoms with van der Waals surface area (Å²) >= 11 is 0. The van der Waals surface area contributed by atoms with Gasteiger partial charge in [0.15, 0.2) is 0 Å². The predicted octanol–water partition coefficient (Wildman–Crippen LogP) is 3.94. The van der Waals surface area contributed by atoms with Crippen LogP contribution in [0.2, 0.25) is 0 Å². The second-order valence-corrected chi connectivity index (χ2v) is 8.85. The Morgan fingerprint density at radius 1 is 1.00 bits per heavy atom. The summed E-state index contributed by atoms with van der Waals surface area (Å²) in [5.74, 6) is 0.422. The monoisotopic (exact) mass is 402 g/mol. The maximum absolute atomic E-state index is 12.9. The molecule has 0 aromatic heterocycles. The molecule has 7 heteroatoms. The molecule has 1 N–H and O–H groups in total. The predicted molar refractivity (Wildman–Crippen MR) is 111 cm³/mol. The van der Waals surface area contributed by atoms with Gasteiger partial charge in [-0.05, 0) is 80.6 Å². The van der Waals surface area contributed by atoms with E-state index < -0.39 is 10.0 Å². The van der Waals surface area contributed by atoms with Crippen LogP contribution in [0.25, 0.3) is 0 Å². The van der Waals surface area contributed by atoms with Crippen molar-refractivity contribution in [3.05, 3.63) is 47.0 Å². The van der Waals surface area contributed by atoms with Crippen LogP contribution in [-0.4, -0.2) is 28.0 Å². The second kappa shape index (κ2) is 7.83. The van der Waals surface area contributed by atoms with Crippen molar-refractivity contribution < 1.29 is 17.9 Å². The number of amides is 1. The minimum absolute atomic E-state index is 0.103. The lowest BCUT2D eigenvalue weighted by molar-refractivity contribution is -0.119. The number of nitrogens with one attached hydrogen (secondary N) is 1. The lowest BCUT2D eigenvalue weighted by Crippen LogP contribution is -2.35. The van der Waals surface area contributed by atoms with Gasteiger partial charge in [-0.15, -0.1) is 0 Å². The Morgan fingerprint density at radius 3 is 2.36 bits per heavy atom. The smallest absolute Gasteiger partial charge is 0.265 e. The third kappa shape index (κ3) is 3.99. The highest BCUT2D eigenvalue weighted by molar-refractivity contribution is 7.92. The highest BCUT2D eigenvalue weighted by Crippen LogP contribution is 2.31. The maximum atomic E-state index is 12.9. The summed E-state index contributed by atoms with van der Waals surface area (Å²) in [6.07, 6.45) is 2.45. The number of rotatable bonds is 5. The van der Waals surface area contributed by atoms with Crippen LogP contribution in [0.4, 0.5) is 11.4 Å². The van der Waals surface area contributed by atoms with Crippen LogP contribution >= 0.6 is 0 Å². The van der Waals surface area contributed by atoms with Crippen molar-refractivity contribution >= 4 is 27.3 Å². The number of hydrogen-bond donors (Lipinski definition) is 1. The van der Waals surface area contributed by atoms with E-state index in [-0.39, 0.29) is 10.8 Å². The molecular weight excluding hydrogens is 376 g/mol. The zero-order chi connectivity index (χ0) is 20.5. The molecule has 2 aromatic carbocycles. The van der Waals surface area contributed by atoms with Crippen LogP contribution in [-0.2, 0) is 14.8 Å². The molecule has 1 amide bonds. The first-order valence-electron chi connectivity index (χ1n) is 9.32. The summed E-state index contributed by atoms with van der Waals surface area (Å²) in [4.78, 5) is 14.1. The SMILES string of the molecule is COc1cc(C)c(C)cc1S(=O)(=O)Nc1ccc(N2CCCCC2=O)c(C)c1. The molecular formula is C21H26N2O4S. The Bertz CT molecular complexity index is 1020. The molecule has 0 bridgehead atoms. The third-order valence-electron chi connectivity index (χ3n) is 5.13. The van der Waals surface area contributed by atoms with Crippen molar-refractivity contribution in [2.24, 2.45) is 0 Å². The fourth-order valence-corrected chi connectivity index (χ4v) is 4.71. The van der Waals surface area contributed by atoms with Gasteiger partial charge in [0.2, 0.25) is 5.91 Å². The average Bonchev–Trinajstić information content (AvgIpc) is 2.64. The Labute approximate surface area is 166 Å². The van der Waals surface area contributed by atoms with Gasteiger partial charge < -0.3 is 9.64 Å². The molecule has 1 heterocycles. The summed E-state index contributed by atoms with van der Waals surface area (Å²) in [6.45, 7) is 6.35. The van der Waals surface area contributed by atoms with E-state index in [0.717, 1.165) is 35.2 Å². The van der Waals surface area contributed by atoms with Crippen molar-refractivity contribution in [1.29, 1.82) is 0 Å². The van der Waals surface area contributed by atoms with E-state index in [0.29, 0.717) is 24.4 Å². The number of aryl methyl sites for hydroxylation is 3. The largest absolute Gasteiger partial charge is 0.495 e. The number of methoxy groups -OCH3 is 1. The Morgan fingerprint density at radius 2 is 1.71 bits per heavy atom. The Kier molecular flexibility index (Phi) is 5.65. The molecule has 1 saturated heterocycles. The third-order valence-corrected chi connectivity index (χ3v) is 6.54. The molecule has 0 atom stereocenters. The van der Waals surface area contributed by atoms with E-state index in [2.05, 4.69) is 4.72 Å². The summed E-state index contributed by atoms with van der Waals surface area (Å²) < 4.78 is 33.8. The van der Waals surface area contributed by atoms with Gasteiger partial charge in [0, 0.05) is 24.3 Å². The molecule has 2 aromatic rings. The first-order chi connectivity index (χ1) is 13.2. The number of carbonyl (C=O) groups is 1. The van der Waals surface area contributed by atoms with Crippen molar-refractivity contribution in [1.82, 2.24) is 0 Å². The average molecular weight is 403 g/mol. The standard InChI is InChI=1S/C21H26N2O4S/c1-14-12-19(27-4)20(13-15(14)2)28(25,26)22-17-8-9-18(16(3)11-17)23-10-6-5-7-21(23)24/h8-9,11-13,22H,5-7,10H2,1-4H3. The zero-order valence-corrected chi connectivity index (χ0v) is 17.5. The molecule has 28 heavy (non-hydrogen) atoms. The molecule has 150 valence electrons. The maximum Gasteiger partial charge on any atom is 0.265 e. The van der Waals surface area contributed by atoms with Crippen molar-refractivity contribution in [3.8, 4) is 5.75 Å². The number of hydrogen-bond acceptors (Lipinski definition) is 4. The van der Waals surface area contributed by atoms with Gasteiger partial charge in [0.25, 0.3) is 10.0 Å². The van der Waals surface area contributed by atoms with Crippen molar-refractivity contribution in [3.63, 3.8) is 0 Å². The number of carbonyl (C=O) groups excluding carboxylic acids is 1. The van der Waals surface area contributed by atoms with E-state index in [1.165, 1.54) is 7.11 Å². The molecule has 0 aliphatic carbocycles. The second-order valence-electron chi connectivity index (χ2n) is 7.20. The summed E-state index contributed by atoms with van der Waals surface area (Å²) in [7, 11) is -2.36. The number of benzene rings is 2. The van der Waals surface area contributed by atoms with Gasteiger partial charge in [0.05, 0.1) is 7.11 Å². The Hall–Kier alpha value is -2.54. The van der Waals surface area contributed by atoms with E-state index in [4.69, 9.17) is 4.74 Å². The van der Waals surface area contributed by atoms with Crippen LogP contribution in [0.3, 0.4) is 0 Å². The van der Waals surface area contributed by atoms with Gasteiger partial charge in [-0.1, -0.05) is 0 Å².